The van der Waals surface area contributed by atoms with Crippen LogP contribution in [0.4, 0.5) is 5.69 Å². The maximum Gasteiger partial charge on any atom is 0.303 e. The average Bonchev–Trinajstić information content (AvgIpc) is 2.62. The summed E-state index contributed by atoms with van der Waals surface area (Å²) in [7, 11) is 0. The standard InChI is InChI=1S/C20H25NO9/c1-11-6-8-16(9-7-11)21-20(26)19(30-15(5)25)18(29-14(4)24)17(28-13(3)23)10-27-12(2)22/h6-9,17-19H,10H2,1-5H3,(H,21,26)/t17-,18+,19-/m1/s1. The fraction of sp³-hybridized carbons (Fsp3) is 0.450. The van der Waals surface area contributed by atoms with Gasteiger partial charge in [-0.25, -0.2) is 0 Å². The van der Waals surface area contributed by atoms with Crippen LogP contribution in [-0.4, -0.2) is 54.7 Å². The first-order chi connectivity index (χ1) is 14.0. The first-order valence-electron chi connectivity index (χ1n) is 9.02. The fourth-order valence-electron chi connectivity index (χ4n) is 2.43. The highest BCUT2D eigenvalue weighted by Gasteiger charge is 2.42. The van der Waals surface area contributed by atoms with Crippen LogP contribution >= 0.6 is 0 Å². The Labute approximate surface area is 173 Å². The molecule has 1 amide bonds. The predicted molar refractivity (Wildman–Crippen MR) is 103 cm³/mol. The predicted octanol–water partition coefficient (Wildman–Crippen LogP) is 1.29. The third kappa shape index (κ3) is 8.72. The molecular weight excluding hydrogens is 398 g/mol. The van der Waals surface area contributed by atoms with Gasteiger partial charge in [0.2, 0.25) is 6.10 Å². The smallest absolute Gasteiger partial charge is 0.303 e. The van der Waals surface area contributed by atoms with E-state index in [9.17, 15) is 24.0 Å². The van der Waals surface area contributed by atoms with Crippen molar-refractivity contribution >= 4 is 35.5 Å². The molecule has 0 unspecified atom stereocenters. The van der Waals surface area contributed by atoms with Crippen molar-refractivity contribution in [1.29, 1.82) is 0 Å². The topological polar surface area (TPSA) is 134 Å². The zero-order valence-corrected chi connectivity index (χ0v) is 17.4. The van der Waals surface area contributed by atoms with Crippen LogP contribution in [0.2, 0.25) is 0 Å². The van der Waals surface area contributed by atoms with Crippen LogP contribution in [-0.2, 0) is 42.9 Å². The van der Waals surface area contributed by atoms with E-state index in [0.717, 1.165) is 33.3 Å². The lowest BCUT2D eigenvalue weighted by Gasteiger charge is -2.30. The molecule has 1 aromatic rings. The number of hydrogen-bond donors (Lipinski definition) is 1. The van der Waals surface area contributed by atoms with Crippen molar-refractivity contribution in [2.24, 2.45) is 0 Å². The number of hydrogen-bond acceptors (Lipinski definition) is 9. The Morgan fingerprint density at radius 2 is 1.33 bits per heavy atom. The highest BCUT2D eigenvalue weighted by Crippen LogP contribution is 2.18. The lowest BCUT2D eigenvalue weighted by atomic mass is 10.1. The van der Waals surface area contributed by atoms with E-state index in [1.165, 1.54) is 0 Å². The van der Waals surface area contributed by atoms with Gasteiger partial charge in [0, 0.05) is 33.4 Å². The van der Waals surface area contributed by atoms with Crippen molar-refractivity contribution in [3.63, 3.8) is 0 Å². The first-order valence-corrected chi connectivity index (χ1v) is 9.02. The van der Waals surface area contributed by atoms with Crippen LogP contribution in [0.5, 0.6) is 0 Å². The SMILES string of the molecule is CC(=O)OC[C@@H](OC(C)=O)[C@H](OC(C)=O)[C@@H](OC(C)=O)C(=O)Nc1ccc(C)cc1. The lowest BCUT2D eigenvalue weighted by molar-refractivity contribution is -0.190. The molecular formula is C20H25NO9. The molecule has 0 saturated heterocycles. The van der Waals surface area contributed by atoms with Gasteiger partial charge >= 0.3 is 23.9 Å². The Balaban J connectivity index is 3.25. The number of carbonyl (C=O) groups excluding carboxylic acids is 5. The Bertz CT molecular complexity index is 788. The van der Waals surface area contributed by atoms with Gasteiger partial charge in [-0.1, -0.05) is 17.7 Å². The fourth-order valence-corrected chi connectivity index (χ4v) is 2.43. The first kappa shape index (κ1) is 24.6. The Morgan fingerprint density at radius 1 is 0.800 bits per heavy atom. The van der Waals surface area contributed by atoms with Crippen LogP contribution in [0, 0.1) is 6.92 Å². The van der Waals surface area contributed by atoms with Crippen LogP contribution < -0.4 is 5.32 Å². The van der Waals surface area contributed by atoms with Gasteiger partial charge in [-0.3, -0.25) is 24.0 Å². The van der Waals surface area contributed by atoms with Crippen LogP contribution in [0.3, 0.4) is 0 Å². The minimum atomic E-state index is -1.69. The lowest BCUT2D eigenvalue weighted by Crippen LogP contribution is -2.52. The maximum absolute atomic E-state index is 12.9. The van der Waals surface area contributed by atoms with Crippen molar-refractivity contribution in [1.82, 2.24) is 0 Å². The van der Waals surface area contributed by atoms with Gasteiger partial charge in [-0.15, -0.1) is 0 Å². The number of esters is 4. The molecule has 0 aromatic heterocycles. The van der Waals surface area contributed by atoms with E-state index in [-0.39, 0.29) is 0 Å². The molecule has 1 aromatic carbocycles. The highest BCUT2D eigenvalue weighted by molar-refractivity contribution is 5.96. The van der Waals surface area contributed by atoms with Crippen molar-refractivity contribution in [2.75, 3.05) is 11.9 Å². The summed E-state index contributed by atoms with van der Waals surface area (Å²) in [5.74, 6) is -3.99. The molecule has 30 heavy (non-hydrogen) atoms. The van der Waals surface area contributed by atoms with Gasteiger partial charge in [-0.05, 0) is 19.1 Å². The number of anilines is 1. The second kappa shape index (κ2) is 11.5. The molecule has 0 aliphatic carbocycles. The second-order valence-corrected chi connectivity index (χ2v) is 6.41. The summed E-state index contributed by atoms with van der Waals surface area (Å²) >= 11 is 0. The molecule has 164 valence electrons. The number of nitrogens with one attached hydrogen (secondary N) is 1. The summed E-state index contributed by atoms with van der Waals surface area (Å²) in [6.45, 7) is 5.67. The minimum Gasteiger partial charge on any atom is -0.462 e. The normalized spacial score (nSPS) is 13.2. The van der Waals surface area contributed by atoms with Crippen molar-refractivity contribution in [3.8, 4) is 0 Å². The molecule has 0 radical (unpaired) electrons. The van der Waals surface area contributed by atoms with Gasteiger partial charge < -0.3 is 24.3 Å². The van der Waals surface area contributed by atoms with Gasteiger partial charge in [-0.2, -0.15) is 0 Å². The quantitative estimate of drug-likeness (QED) is 0.460. The van der Waals surface area contributed by atoms with E-state index in [1.54, 1.807) is 24.3 Å². The Kier molecular flexibility index (Phi) is 9.47. The van der Waals surface area contributed by atoms with Crippen molar-refractivity contribution in [2.45, 2.75) is 52.9 Å². The molecule has 0 fully saturated rings. The van der Waals surface area contributed by atoms with Gasteiger partial charge in [0.1, 0.15) is 6.61 Å². The summed E-state index contributed by atoms with van der Waals surface area (Å²) in [6, 6.07) is 6.76. The molecule has 3 atom stereocenters. The molecule has 0 aliphatic heterocycles. The summed E-state index contributed by atoms with van der Waals surface area (Å²) in [4.78, 5) is 58.8. The number of amides is 1. The largest absolute Gasteiger partial charge is 0.462 e. The second-order valence-electron chi connectivity index (χ2n) is 6.41. The number of benzene rings is 1. The third-order valence-electron chi connectivity index (χ3n) is 3.61. The molecule has 0 saturated carbocycles. The van der Waals surface area contributed by atoms with E-state index in [0.29, 0.717) is 5.69 Å². The number of rotatable bonds is 9. The summed E-state index contributed by atoms with van der Waals surface area (Å²) in [5, 5.41) is 2.55. The maximum atomic E-state index is 12.9. The van der Waals surface area contributed by atoms with E-state index < -0.39 is 54.7 Å². The van der Waals surface area contributed by atoms with E-state index in [2.05, 4.69) is 5.32 Å². The molecule has 1 N–H and O–H groups in total. The van der Waals surface area contributed by atoms with Gasteiger partial charge in [0.15, 0.2) is 12.2 Å². The highest BCUT2D eigenvalue weighted by atomic mass is 16.6. The zero-order valence-electron chi connectivity index (χ0n) is 17.4. The molecule has 1 rings (SSSR count). The van der Waals surface area contributed by atoms with Crippen LogP contribution in [0.25, 0.3) is 0 Å². The van der Waals surface area contributed by atoms with Crippen LogP contribution in [0.15, 0.2) is 24.3 Å². The molecule has 0 bridgehead atoms. The molecule has 0 spiro atoms. The average molecular weight is 423 g/mol. The minimum absolute atomic E-state index is 0.397. The van der Waals surface area contributed by atoms with Crippen molar-refractivity contribution < 1.29 is 42.9 Å². The van der Waals surface area contributed by atoms with Crippen molar-refractivity contribution in [3.05, 3.63) is 29.8 Å². The molecule has 10 nitrogen and oxygen atoms in total. The van der Waals surface area contributed by atoms with Gasteiger partial charge in [0.05, 0.1) is 0 Å². The monoisotopic (exact) mass is 423 g/mol. The third-order valence-corrected chi connectivity index (χ3v) is 3.61. The zero-order chi connectivity index (χ0) is 22.8. The van der Waals surface area contributed by atoms with Gasteiger partial charge in [0.25, 0.3) is 5.91 Å². The number of ether oxygens (including phenoxy) is 4. The number of aryl methyl sites for hydroxylation is 1. The number of carbonyl (C=O) groups is 5. The molecule has 0 aliphatic rings. The van der Waals surface area contributed by atoms with E-state index in [4.69, 9.17) is 18.9 Å². The summed E-state index contributed by atoms with van der Waals surface area (Å²) in [6.07, 6.45) is -4.66. The van der Waals surface area contributed by atoms with Crippen LogP contribution in [0.1, 0.15) is 33.3 Å². The summed E-state index contributed by atoms with van der Waals surface area (Å²) in [5.41, 5.74) is 1.35. The molecule has 0 heterocycles. The molecule has 10 heteroatoms. The summed E-state index contributed by atoms with van der Waals surface area (Å²) < 4.78 is 20.2. The van der Waals surface area contributed by atoms with E-state index >= 15 is 0 Å². The van der Waals surface area contributed by atoms with E-state index in [1.807, 2.05) is 6.92 Å². The Morgan fingerprint density at radius 3 is 1.80 bits per heavy atom. The Hall–Kier alpha value is -3.43.